The van der Waals surface area contributed by atoms with Crippen molar-refractivity contribution in [2.45, 2.75) is 57.4 Å². The molecule has 4 fully saturated rings. The molecule has 0 bridgehead atoms. The molecule has 366 valence electrons. The number of carbonyl (C=O) groups is 6. The molecule has 5 heterocycles. The van der Waals surface area contributed by atoms with Crippen LogP contribution in [0.4, 0.5) is 21.5 Å². The van der Waals surface area contributed by atoms with Gasteiger partial charge in [0.05, 0.1) is 29.3 Å². The van der Waals surface area contributed by atoms with E-state index in [0.29, 0.717) is 106 Å². The van der Waals surface area contributed by atoms with Crippen LogP contribution in [0.2, 0.25) is 0 Å². The van der Waals surface area contributed by atoms with Crippen molar-refractivity contribution in [1.82, 2.24) is 25.4 Å². The quantitative estimate of drug-likeness (QED) is 0.0646. The molecule has 1 unspecified atom stereocenters. The summed E-state index contributed by atoms with van der Waals surface area (Å²) in [6, 6.07) is 21.9. The molecule has 4 aliphatic heterocycles. The molecule has 5 aliphatic rings. The van der Waals surface area contributed by atoms with E-state index in [9.17, 15) is 33.2 Å². The fraction of sp³-hybridized carbons (Fsp3) is 0.352. The summed E-state index contributed by atoms with van der Waals surface area (Å²) >= 11 is 0. The minimum absolute atomic E-state index is 0.246. The summed E-state index contributed by atoms with van der Waals surface area (Å²) in [4.78, 5) is 89.6. The van der Waals surface area contributed by atoms with Gasteiger partial charge in [-0.05, 0) is 161 Å². The average molecular weight is 963 g/mol. The number of rotatable bonds is 14. The molecule has 6 amide bonds. The Bertz CT molecular complexity index is 2940. The van der Waals surface area contributed by atoms with Crippen molar-refractivity contribution in [2.24, 2.45) is 17.3 Å². The predicted octanol–water partition coefficient (Wildman–Crippen LogP) is 7.28. The Hall–Kier alpha value is -7.66. The lowest BCUT2D eigenvalue weighted by molar-refractivity contribution is -0.131. The monoisotopic (exact) mass is 962 g/mol. The number of nitrogens with zero attached hydrogens (tertiary/aromatic N) is 4. The Balaban J connectivity index is 0.677. The third kappa shape index (κ3) is 9.78. The number of hydrogen-bond acceptors (Lipinski definition) is 11. The van der Waals surface area contributed by atoms with E-state index >= 15 is 0 Å². The summed E-state index contributed by atoms with van der Waals surface area (Å²) in [7, 11) is 1.52. The van der Waals surface area contributed by atoms with Gasteiger partial charge in [0, 0.05) is 60.5 Å². The SMILES string of the molecule is C=C1CCC(N2C(=O)c3ccc(N4CCC(CN5CCC(CNC(=O)c6cc7nccc(Oc8ccc(NC(=O)C9(C(=O)Nc%10ccc(F)cc%10)CC9)cc8)c7cc6OC)CC5)CC4)cc3C2=O)C(=O)N1. The first-order chi connectivity index (χ1) is 34.3. The van der Waals surface area contributed by atoms with Crippen LogP contribution in [-0.2, 0) is 14.4 Å². The highest BCUT2D eigenvalue weighted by Crippen LogP contribution is 2.48. The van der Waals surface area contributed by atoms with Crippen LogP contribution in [0.15, 0.2) is 103 Å². The van der Waals surface area contributed by atoms with Gasteiger partial charge in [-0.1, -0.05) is 6.58 Å². The van der Waals surface area contributed by atoms with Gasteiger partial charge in [0.1, 0.15) is 34.5 Å². The molecule has 4 N–H and O–H groups in total. The number of allylic oxidation sites excluding steroid dienone is 1. The van der Waals surface area contributed by atoms with Gasteiger partial charge in [-0.2, -0.15) is 0 Å². The largest absolute Gasteiger partial charge is 0.496 e. The zero-order valence-electron chi connectivity index (χ0n) is 39.4. The topological polar surface area (TPSA) is 192 Å². The first-order valence-electron chi connectivity index (χ1n) is 24.2. The van der Waals surface area contributed by atoms with E-state index in [0.717, 1.165) is 69.0 Å². The second-order valence-corrected chi connectivity index (χ2v) is 19.2. The molecule has 1 aromatic heterocycles. The van der Waals surface area contributed by atoms with Crippen molar-refractivity contribution < 1.29 is 42.6 Å². The number of ether oxygens (including phenoxy) is 2. The maximum atomic E-state index is 13.7. The molecule has 5 aromatic rings. The summed E-state index contributed by atoms with van der Waals surface area (Å²) < 4.78 is 25.3. The van der Waals surface area contributed by atoms with Gasteiger partial charge in [0.15, 0.2) is 0 Å². The standard InChI is InChI=1S/C54H55FN8O8/c1-32-3-14-45(49(65)58-32)63-50(66)40-13-10-38(27-41(40)51(63)67)62-25-18-34(19-26-62)31-61-23-16-33(17-24-61)30-57-48(64)43-28-44-42(29-47(43)70-2)46(15-22-56-44)71-39-11-8-37(9-12-39)60-53(69)54(20-21-54)52(68)59-36-6-4-35(55)5-7-36/h4-13,15,22,27-29,33-34,45H,1,3,14,16-21,23-26,30-31H2,2H3,(H,57,64)(H,58,65)(H,59,68)(H,60,69). The van der Waals surface area contributed by atoms with Crippen LogP contribution in [0, 0.1) is 23.1 Å². The Kier molecular flexibility index (Phi) is 13.0. The fourth-order valence-corrected chi connectivity index (χ4v) is 10.2. The Morgan fingerprint density at radius 3 is 2.11 bits per heavy atom. The summed E-state index contributed by atoms with van der Waals surface area (Å²) in [5, 5.41) is 12.0. The summed E-state index contributed by atoms with van der Waals surface area (Å²) in [6.45, 7) is 8.95. The molecule has 10 rings (SSSR count). The van der Waals surface area contributed by atoms with Crippen molar-refractivity contribution in [2.75, 3.05) is 61.9 Å². The van der Waals surface area contributed by atoms with Crippen molar-refractivity contribution in [3.8, 4) is 17.2 Å². The number of methoxy groups -OCH3 is 1. The minimum atomic E-state index is -1.20. The highest BCUT2D eigenvalue weighted by atomic mass is 19.1. The van der Waals surface area contributed by atoms with Crippen LogP contribution in [0.3, 0.4) is 0 Å². The molecule has 17 heteroatoms. The van der Waals surface area contributed by atoms with Crippen LogP contribution in [-0.4, -0.2) is 103 Å². The number of imide groups is 1. The van der Waals surface area contributed by atoms with E-state index in [1.165, 1.54) is 31.4 Å². The van der Waals surface area contributed by atoms with E-state index in [1.807, 2.05) is 12.1 Å². The normalized spacial score (nSPS) is 19.3. The molecular formula is C54H55FN8O8. The lowest BCUT2D eigenvalue weighted by Gasteiger charge is -2.38. The molecular weight excluding hydrogens is 908 g/mol. The van der Waals surface area contributed by atoms with Gasteiger partial charge in [0.25, 0.3) is 17.7 Å². The van der Waals surface area contributed by atoms with Crippen LogP contribution in [0.1, 0.15) is 82.4 Å². The van der Waals surface area contributed by atoms with Crippen LogP contribution in [0.5, 0.6) is 17.2 Å². The van der Waals surface area contributed by atoms with Gasteiger partial charge in [-0.15, -0.1) is 0 Å². The number of hydrogen-bond donors (Lipinski definition) is 4. The molecule has 3 saturated heterocycles. The number of benzene rings is 4. The summed E-state index contributed by atoms with van der Waals surface area (Å²) in [5.74, 6) is -0.507. The molecule has 16 nitrogen and oxygen atoms in total. The van der Waals surface area contributed by atoms with Crippen molar-refractivity contribution in [1.29, 1.82) is 0 Å². The van der Waals surface area contributed by atoms with Crippen molar-refractivity contribution in [3.05, 3.63) is 126 Å². The second-order valence-electron chi connectivity index (χ2n) is 19.2. The lowest BCUT2D eigenvalue weighted by Crippen LogP contribution is -2.51. The van der Waals surface area contributed by atoms with Gasteiger partial charge in [0.2, 0.25) is 17.7 Å². The first-order valence-corrected chi connectivity index (χ1v) is 24.2. The lowest BCUT2D eigenvalue weighted by atomic mass is 9.92. The molecule has 1 atom stereocenters. The van der Waals surface area contributed by atoms with Crippen LogP contribution in [0.25, 0.3) is 10.9 Å². The number of fused-ring (bicyclic) bond motifs is 2. The third-order valence-electron chi connectivity index (χ3n) is 14.6. The van der Waals surface area contributed by atoms with E-state index in [1.54, 1.807) is 54.7 Å². The maximum absolute atomic E-state index is 13.7. The third-order valence-corrected chi connectivity index (χ3v) is 14.6. The zero-order chi connectivity index (χ0) is 49.4. The maximum Gasteiger partial charge on any atom is 0.262 e. The molecule has 0 radical (unpaired) electrons. The number of carbonyl (C=O) groups excluding carboxylic acids is 6. The van der Waals surface area contributed by atoms with Crippen molar-refractivity contribution >= 4 is 63.4 Å². The Morgan fingerprint density at radius 2 is 1.45 bits per heavy atom. The van der Waals surface area contributed by atoms with Gasteiger partial charge < -0.3 is 40.5 Å². The summed E-state index contributed by atoms with van der Waals surface area (Å²) in [6.07, 6.45) is 7.26. The Labute approximate surface area is 409 Å². The minimum Gasteiger partial charge on any atom is -0.496 e. The number of nitrogens with one attached hydrogen (secondary N) is 4. The Morgan fingerprint density at radius 1 is 0.789 bits per heavy atom. The number of aromatic nitrogens is 1. The number of anilines is 3. The number of amides is 6. The van der Waals surface area contributed by atoms with Gasteiger partial charge >= 0.3 is 0 Å². The van der Waals surface area contributed by atoms with Crippen LogP contribution >= 0.6 is 0 Å². The number of pyridine rings is 1. The molecule has 0 spiro atoms. The van der Waals surface area contributed by atoms with E-state index in [2.05, 4.69) is 42.6 Å². The highest BCUT2D eigenvalue weighted by Gasteiger charge is 2.56. The average Bonchev–Trinajstić information content (AvgIpc) is 4.16. The zero-order valence-corrected chi connectivity index (χ0v) is 39.4. The summed E-state index contributed by atoms with van der Waals surface area (Å²) in [5.41, 5.74) is 2.83. The number of halogens is 1. The van der Waals surface area contributed by atoms with Crippen molar-refractivity contribution in [3.63, 3.8) is 0 Å². The predicted molar refractivity (Wildman–Crippen MR) is 264 cm³/mol. The molecule has 1 aliphatic carbocycles. The van der Waals surface area contributed by atoms with Crippen LogP contribution < -0.4 is 35.6 Å². The highest BCUT2D eigenvalue weighted by molar-refractivity contribution is 6.23. The second kappa shape index (κ2) is 19.6. The fourth-order valence-electron chi connectivity index (χ4n) is 10.2. The van der Waals surface area contributed by atoms with Gasteiger partial charge in [-0.25, -0.2) is 4.39 Å². The number of likely N-dealkylation sites (tertiary alicyclic amines) is 1. The molecule has 4 aromatic carbocycles. The number of piperidine rings is 3. The molecule has 1 saturated carbocycles. The van der Waals surface area contributed by atoms with E-state index in [4.69, 9.17) is 9.47 Å². The molecule has 71 heavy (non-hydrogen) atoms. The first kappa shape index (κ1) is 47.0. The van der Waals surface area contributed by atoms with E-state index < -0.39 is 40.9 Å². The smallest absolute Gasteiger partial charge is 0.262 e. The van der Waals surface area contributed by atoms with Gasteiger partial charge in [-0.3, -0.25) is 38.7 Å². The van der Waals surface area contributed by atoms with E-state index in [-0.39, 0.29) is 11.8 Å².